The number of guanidine groups is 1. The number of nitrogens with one attached hydrogen (secondary N) is 3. The van der Waals surface area contributed by atoms with Crippen LogP contribution in [0.15, 0.2) is 46.3 Å². The predicted molar refractivity (Wildman–Crippen MR) is 154 cm³/mol. The van der Waals surface area contributed by atoms with Crippen LogP contribution in [0, 0.1) is 17.3 Å². The fourth-order valence-corrected chi connectivity index (χ4v) is 6.40. The number of halogens is 5. The van der Waals surface area contributed by atoms with Gasteiger partial charge in [-0.15, -0.1) is 4.99 Å². The summed E-state index contributed by atoms with van der Waals surface area (Å²) in [6.45, 7) is -1.10. The number of pyridine rings is 1. The molecule has 1 amide bonds. The van der Waals surface area contributed by atoms with Gasteiger partial charge in [0.1, 0.15) is 18.4 Å². The Balaban J connectivity index is 1.25. The summed E-state index contributed by atoms with van der Waals surface area (Å²) in [5, 5.41) is 20.5. The highest BCUT2D eigenvalue weighted by atomic mass is 35.5. The summed E-state index contributed by atoms with van der Waals surface area (Å²) >= 11 is 6.42. The van der Waals surface area contributed by atoms with Crippen molar-refractivity contribution in [3.05, 3.63) is 74.4 Å². The molecule has 4 heterocycles. The number of carbonyl (C=O) groups is 1. The minimum absolute atomic E-state index is 0.00664. The summed E-state index contributed by atoms with van der Waals surface area (Å²) in [5.74, 6) is -1.45. The van der Waals surface area contributed by atoms with E-state index in [9.17, 15) is 32.4 Å². The van der Waals surface area contributed by atoms with Gasteiger partial charge in [0, 0.05) is 42.4 Å². The first-order valence-electron chi connectivity index (χ1n) is 13.8. The van der Waals surface area contributed by atoms with E-state index in [1.165, 1.54) is 12.3 Å². The van der Waals surface area contributed by atoms with Crippen molar-refractivity contribution in [3.63, 3.8) is 0 Å². The summed E-state index contributed by atoms with van der Waals surface area (Å²) in [7, 11) is 0. The monoisotopic (exact) mass is 628 g/mol. The number of H-pyrrole nitrogens is 2. The van der Waals surface area contributed by atoms with Crippen molar-refractivity contribution in [1.82, 2.24) is 30.3 Å². The number of nitriles is 1. The number of likely N-dealkylation sites (tertiary alicyclic amines) is 1. The maximum absolute atomic E-state index is 14.1. The van der Waals surface area contributed by atoms with Crippen LogP contribution in [0.2, 0.25) is 5.02 Å². The largest absolute Gasteiger partial charge is 0.406 e. The molecule has 10 nitrogen and oxygen atoms in total. The second-order valence-corrected chi connectivity index (χ2v) is 11.3. The molecule has 2 aliphatic rings. The molecule has 0 bridgehead atoms. The van der Waals surface area contributed by atoms with Gasteiger partial charge >= 0.3 is 6.18 Å². The number of aromatic amines is 2. The van der Waals surface area contributed by atoms with Crippen molar-refractivity contribution in [2.75, 3.05) is 19.6 Å². The van der Waals surface area contributed by atoms with Crippen LogP contribution < -0.4 is 10.9 Å². The molecule has 2 aliphatic heterocycles. The lowest BCUT2D eigenvalue weighted by molar-refractivity contribution is -0.163. The number of amides is 1. The first-order chi connectivity index (χ1) is 21.0. The van der Waals surface area contributed by atoms with E-state index in [-0.39, 0.29) is 35.9 Å². The number of hydrogen-bond donors (Lipinski definition) is 3. The van der Waals surface area contributed by atoms with Crippen LogP contribution in [0.5, 0.6) is 0 Å². The molecule has 228 valence electrons. The lowest BCUT2D eigenvalue weighted by atomic mass is 9.89. The number of benzene rings is 2. The van der Waals surface area contributed by atoms with Gasteiger partial charge in [-0.1, -0.05) is 23.7 Å². The average Bonchev–Trinajstić information content (AvgIpc) is 3.44. The van der Waals surface area contributed by atoms with E-state index in [0.29, 0.717) is 63.9 Å². The molecule has 3 N–H and O–H groups in total. The molecule has 44 heavy (non-hydrogen) atoms. The van der Waals surface area contributed by atoms with E-state index in [2.05, 4.69) is 25.5 Å². The molecular weight excluding hydrogens is 604 g/mol. The Bertz CT molecular complexity index is 1890. The number of carbonyl (C=O) groups excluding carboxylic acids is 1. The van der Waals surface area contributed by atoms with Crippen LogP contribution in [0.1, 0.15) is 35.4 Å². The maximum Gasteiger partial charge on any atom is 0.406 e. The average molecular weight is 629 g/mol. The van der Waals surface area contributed by atoms with E-state index >= 15 is 0 Å². The van der Waals surface area contributed by atoms with E-state index in [0.717, 1.165) is 4.90 Å². The minimum Gasteiger partial charge on any atom is -0.343 e. The number of nitrogens with zero attached hydrogens (tertiary/aromatic N) is 5. The lowest BCUT2D eigenvalue weighted by Gasteiger charge is -2.35. The van der Waals surface area contributed by atoms with Crippen LogP contribution in [-0.4, -0.2) is 68.7 Å². The number of piperidine rings is 1. The molecule has 0 saturated carbocycles. The molecule has 4 aromatic rings. The first-order valence-corrected chi connectivity index (χ1v) is 14.2. The third-order valence-corrected chi connectivity index (χ3v) is 8.49. The van der Waals surface area contributed by atoms with Gasteiger partial charge in [-0.2, -0.15) is 23.5 Å². The first kappa shape index (κ1) is 29.4. The molecule has 2 aromatic heterocycles. The number of rotatable bonds is 3. The highest BCUT2D eigenvalue weighted by molar-refractivity contribution is 6.35. The van der Waals surface area contributed by atoms with Gasteiger partial charge in [0.2, 0.25) is 18.1 Å². The predicted octanol–water partition coefficient (Wildman–Crippen LogP) is 4.32. The van der Waals surface area contributed by atoms with Gasteiger partial charge in [0.25, 0.3) is 5.56 Å². The summed E-state index contributed by atoms with van der Waals surface area (Å²) in [4.78, 5) is 35.3. The van der Waals surface area contributed by atoms with Crippen molar-refractivity contribution in [3.8, 4) is 6.19 Å². The fourth-order valence-electron chi connectivity index (χ4n) is 6.13. The summed E-state index contributed by atoms with van der Waals surface area (Å²) < 4.78 is 54.9. The van der Waals surface area contributed by atoms with Gasteiger partial charge in [-0.3, -0.25) is 14.7 Å². The second-order valence-electron chi connectivity index (χ2n) is 10.9. The van der Waals surface area contributed by atoms with Crippen LogP contribution in [0.3, 0.4) is 0 Å². The Morgan fingerprint density at radius 3 is 2.70 bits per heavy atom. The number of hydrogen-bond acceptors (Lipinski definition) is 5. The smallest absolute Gasteiger partial charge is 0.343 e. The maximum atomic E-state index is 14.1. The van der Waals surface area contributed by atoms with Crippen LogP contribution in [0.4, 0.5) is 17.6 Å². The molecule has 0 radical (unpaired) electrons. The van der Waals surface area contributed by atoms with E-state index in [1.807, 2.05) is 0 Å². The topological polar surface area (TPSA) is 133 Å². The standard InChI is InChI=1S/C29H25ClF4N8O2/c30-21-9-17-10-23(27(44)42(13-29(32,33)34)12-20(17)19-11-37-40-25(19)21)38-28(36-14-35)41-6-4-15(5-7-41)18-8-16-2-1-3-22(31)24(16)39-26(18)43/h1-3,8-9,11,15,23H,4-7,10,12-13H2,(H,36,38)(H,37,40)(H,39,43)/t23-/m1/s1. The minimum atomic E-state index is -4.65. The molecule has 0 spiro atoms. The third kappa shape index (κ3) is 5.67. The van der Waals surface area contributed by atoms with Crippen LogP contribution in [0.25, 0.3) is 21.8 Å². The summed E-state index contributed by atoms with van der Waals surface area (Å²) in [5.41, 5.74) is 1.79. The number of aliphatic imine (C=N–C) groups is 1. The van der Waals surface area contributed by atoms with E-state index in [4.69, 9.17) is 11.6 Å². The normalized spacial score (nSPS) is 18.4. The molecule has 0 unspecified atom stereocenters. The van der Waals surface area contributed by atoms with Gasteiger partial charge in [-0.05, 0) is 48.1 Å². The highest BCUT2D eigenvalue weighted by Gasteiger charge is 2.39. The van der Waals surface area contributed by atoms with Crippen LogP contribution >= 0.6 is 11.6 Å². The highest BCUT2D eigenvalue weighted by Crippen LogP contribution is 2.33. The molecule has 1 saturated heterocycles. The van der Waals surface area contributed by atoms with Gasteiger partial charge < -0.3 is 20.1 Å². The number of fused-ring (bicyclic) bond motifs is 4. The Morgan fingerprint density at radius 2 is 1.98 bits per heavy atom. The van der Waals surface area contributed by atoms with Gasteiger partial charge in [0.15, 0.2) is 0 Å². The van der Waals surface area contributed by atoms with Crippen LogP contribution in [-0.2, 0) is 17.8 Å². The van der Waals surface area contributed by atoms with Crippen molar-refractivity contribution in [2.45, 2.75) is 43.9 Å². The molecule has 0 aliphatic carbocycles. The number of aromatic nitrogens is 3. The summed E-state index contributed by atoms with van der Waals surface area (Å²) in [6, 6.07) is 6.65. The summed E-state index contributed by atoms with van der Waals surface area (Å²) in [6.07, 6.45) is -0.517. The Morgan fingerprint density at radius 1 is 1.20 bits per heavy atom. The molecule has 1 fully saturated rings. The van der Waals surface area contributed by atoms with Crippen molar-refractivity contribution in [1.29, 1.82) is 5.26 Å². The third-order valence-electron chi connectivity index (χ3n) is 8.20. The molecule has 6 rings (SSSR count). The van der Waals surface area contributed by atoms with E-state index in [1.54, 1.807) is 35.4 Å². The Kier molecular flexibility index (Phi) is 7.66. The zero-order valence-corrected chi connectivity index (χ0v) is 23.8. The van der Waals surface area contributed by atoms with Crippen molar-refractivity contribution < 1.29 is 22.4 Å². The molecular formula is C29H25ClF4N8O2. The van der Waals surface area contributed by atoms with Crippen molar-refractivity contribution >= 4 is 45.3 Å². The lowest BCUT2D eigenvalue weighted by Crippen LogP contribution is -2.55. The van der Waals surface area contributed by atoms with Crippen molar-refractivity contribution in [2.24, 2.45) is 4.99 Å². The fraction of sp³-hybridized carbons (Fsp3) is 0.345. The molecule has 15 heteroatoms. The zero-order valence-electron chi connectivity index (χ0n) is 23.0. The van der Waals surface area contributed by atoms with Gasteiger partial charge in [-0.25, -0.2) is 4.39 Å². The van der Waals surface area contributed by atoms with E-state index < -0.39 is 30.5 Å². The quantitative estimate of drug-likeness (QED) is 0.134. The van der Waals surface area contributed by atoms with Gasteiger partial charge in [0.05, 0.1) is 22.3 Å². The molecule has 1 atom stereocenters. The second kappa shape index (κ2) is 11.5. The zero-order chi connectivity index (χ0) is 31.2. The Hall–Kier alpha value is -4.64. The Labute approximate surface area is 252 Å². The SMILES string of the molecule is N#C/N=C(/N[C@@H]1Cc2cc(Cl)c3[nH]ncc3c2CN(CC(F)(F)F)C1=O)N1CCC(c2cc3cccc(F)c3[nH]c2=O)CC1. The molecule has 2 aromatic carbocycles. The number of para-hydroxylation sites is 1. The number of alkyl halides is 3.